The molecule has 0 amide bonds. The van der Waals surface area contributed by atoms with Crippen molar-refractivity contribution in [1.82, 2.24) is 0 Å². The molecule has 8 aromatic rings. The minimum atomic E-state index is 1.11. The number of thiophene rings is 1. The van der Waals surface area contributed by atoms with E-state index in [4.69, 9.17) is 0 Å². The van der Waals surface area contributed by atoms with Gasteiger partial charge in [-0.05, 0) is 102 Å². The smallest absolute Gasteiger partial charge is 0.0468 e. The van der Waals surface area contributed by atoms with Gasteiger partial charge in [0.15, 0.2) is 0 Å². The van der Waals surface area contributed by atoms with Gasteiger partial charge in [-0.25, -0.2) is 0 Å². The molecule has 1 heterocycles. The second-order valence-electron chi connectivity index (χ2n) is 11.1. The van der Waals surface area contributed by atoms with E-state index in [0.717, 1.165) is 34.1 Å². The summed E-state index contributed by atoms with van der Waals surface area (Å²) in [7, 11) is 0. The second-order valence-corrected chi connectivity index (χ2v) is 12.1. The number of anilines is 6. The van der Waals surface area contributed by atoms with Crippen LogP contribution >= 0.6 is 11.3 Å². The van der Waals surface area contributed by atoms with Crippen molar-refractivity contribution in [1.29, 1.82) is 0 Å². The Morgan fingerprint density at radius 2 is 0.667 bits per heavy atom. The Kier molecular flexibility index (Phi) is 7.07. The third-order valence-corrected chi connectivity index (χ3v) is 9.38. The molecule has 1 aromatic heterocycles. The Labute approximate surface area is 267 Å². The van der Waals surface area contributed by atoms with Crippen molar-refractivity contribution in [3.63, 3.8) is 0 Å². The number of hydrogen-bond acceptors (Lipinski definition) is 3. The van der Waals surface area contributed by atoms with Crippen molar-refractivity contribution in [2.45, 2.75) is 0 Å². The van der Waals surface area contributed by atoms with Gasteiger partial charge in [0, 0.05) is 54.3 Å². The zero-order valence-corrected chi connectivity index (χ0v) is 25.4. The number of fused-ring (bicyclic) bond motifs is 3. The fourth-order valence-corrected chi connectivity index (χ4v) is 7.16. The van der Waals surface area contributed by atoms with Crippen LogP contribution < -0.4 is 9.80 Å². The molecule has 0 atom stereocenters. The summed E-state index contributed by atoms with van der Waals surface area (Å²) in [5, 5.41) is 2.57. The van der Waals surface area contributed by atoms with Gasteiger partial charge in [0.1, 0.15) is 0 Å². The van der Waals surface area contributed by atoms with E-state index in [0.29, 0.717) is 0 Å². The first-order chi connectivity index (χ1) is 22.3. The average Bonchev–Trinajstić information content (AvgIpc) is 3.48. The van der Waals surface area contributed by atoms with E-state index in [1.165, 1.54) is 31.3 Å². The molecule has 0 aliphatic heterocycles. The lowest BCUT2D eigenvalue weighted by molar-refractivity contribution is 1.26. The molecule has 7 aromatic carbocycles. The lowest BCUT2D eigenvalue weighted by atomic mass is 10.0. The predicted octanol–water partition coefficient (Wildman–Crippen LogP) is 12.7. The molecule has 0 unspecified atom stereocenters. The zero-order chi connectivity index (χ0) is 30.0. The SMILES string of the molecule is c1ccc(-c2ccc3sc4ccc(N(c5ccccc5)c5ccc(N(c6ccccc6)c6ccccc6)cc5)cc4c3c2)cc1. The summed E-state index contributed by atoms with van der Waals surface area (Å²) in [5.41, 5.74) is 9.20. The minimum Gasteiger partial charge on any atom is -0.311 e. The molecule has 2 nitrogen and oxygen atoms in total. The van der Waals surface area contributed by atoms with E-state index < -0.39 is 0 Å². The van der Waals surface area contributed by atoms with Crippen LogP contribution in [0.3, 0.4) is 0 Å². The van der Waals surface area contributed by atoms with Gasteiger partial charge < -0.3 is 9.80 Å². The first-order valence-corrected chi connectivity index (χ1v) is 16.0. The Bertz CT molecular complexity index is 2150. The molecule has 0 aliphatic carbocycles. The molecule has 0 saturated carbocycles. The number of rotatable bonds is 7. The summed E-state index contributed by atoms with van der Waals surface area (Å²) < 4.78 is 2.60. The summed E-state index contributed by atoms with van der Waals surface area (Å²) in [6.45, 7) is 0. The van der Waals surface area contributed by atoms with E-state index in [1.54, 1.807) is 0 Å². The highest BCUT2D eigenvalue weighted by Crippen LogP contribution is 2.42. The molecule has 0 N–H and O–H groups in total. The molecular weight excluding hydrogens is 565 g/mol. The van der Waals surface area contributed by atoms with Crippen molar-refractivity contribution in [3.05, 3.63) is 182 Å². The molecule has 0 fully saturated rings. The molecule has 0 spiro atoms. The summed E-state index contributed by atoms with van der Waals surface area (Å²) in [6, 6.07) is 65.0. The van der Waals surface area contributed by atoms with Gasteiger partial charge in [-0.3, -0.25) is 0 Å². The monoisotopic (exact) mass is 594 g/mol. The lowest BCUT2D eigenvalue weighted by Crippen LogP contribution is -2.12. The summed E-state index contributed by atoms with van der Waals surface area (Å²) in [5.74, 6) is 0. The molecule has 0 aliphatic rings. The Morgan fingerprint density at radius 1 is 0.289 bits per heavy atom. The highest BCUT2D eigenvalue weighted by Gasteiger charge is 2.17. The maximum absolute atomic E-state index is 2.35. The third kappa shape index (κ3) is 5.24. The quantitative estimate of drug-likeness (QED) is 0.181. The summed E-state index contributed by atoms with van der Waals surface area (Å²) in [6.07, 6.45) is 0. The highest BCUT2D eigenvalue weighted by molar-refractivity contribution is 7.25. The van der Waals surface area contributed by atoms with Crippen LogP contribution in [-0.2, 0) is 0 Å². The van der Waals surface area contributed by atoms with Gasteiger partial charge in [0.05, 0.1) is 0 Å². The number of nitrogens with zero attached hydrogens (tertiary/aromatic N) is 2. The summed E-state index contributed by atoms with van der Waals surface area (Å²) in [4.78, 5) is 4.65. The topological polar surface area (TPSA) is 6.48 Å². The van der Waals surface area contributed by atoms with E-state index in [2.05, 4.69) is 192 Å². The van der Waals surface area contributed by atoms with Crippen LogP contribution in [0.1, 0.15) is 0 Å². The van der Waals surface area contributed by atoms with Crippen molar-refractivity contribution >= 4 is 65.6 Å². The van der Waals surface area contributed by atoms with Crippen molar-refractivity contribution in [2.75, 3.05) is 9.80 Å². The standard InChI is InChI=1S/C42H30N2S/c1-5-13-31(14-6-1)32-21-27-41-39(29-32)40-30-38(26-28-42(40)45-41)44(35-19-11-4-12-20-35)37-24-22-36(23-25-37)43(33-15-7-2-8-16-33)34-17-9-3-10-18-34/h1-30H. The van der Waals surface area contributed by atoms with Crippen molar-refractivity contribution < 1.29 is 0 Å². The minimum absolute atomic E-state index is 1.11. The molecule has 214 valence electrons. The molecule has 8 rings (SSSR count). The highest BCUT2D eigenvalue weighted by atomic mass is 32.1. The third-order valence-electron chi connectivity index (χ3n) is 8.23. The number of hydrogen-bond donors (Lipinski definition) is 0. The van der Waals surface area contributed by atoms with Gasteiger partial charge in [-0.15, -0.1) is 11.3 Å². The van der Waals surface area contributed by atoms with E-state index >= 15 is 0 Å². The first kappa shape index (κ1) is 26.9. The van der Waals surface area contributed by atoms with E-state index in [-0.39, 0.29) is 0 Å². The molecule has 45 heavy (non-hydrogen) atoms. The zero-order valence-electron chi connectivity index (χ0n) is 24.6. The van der Waals surface area contributed by atoms with Crippen LogP contribution in [0.4, 0.5) is 34.1 Å². The van der Waals surface area contributed by atoms with Crippen LogP contribution in [0.25, 0.3) is 31.3 Å². The molecule has 0 bridgehead atoms. The van der Waals surface area contributed by atoms with Crippen molar-refractivity contribution in [3.8, 4) is 11.1 Å². The number of benzene rings is 7. The Hall–Kier alpha value is -5.64. The van der Waals surface area contributed by atoms with Crippen LogP contribution in [-0.4, -0.2) is 0 Å². The predicted molar refractivity (Wildman–Crippen MR) is 194 cm³/mol. The fourth-order valence-electron chi connectivity index (χ4n) is 6.09. The fraction of sp³-hybridized carbons (Fsp3) is 0. The van der Waals surface area contributed by atoms with Crippen LogP contribution in [0.2, 0.25) is 0 Å². The van der Waals surface area contributed by atoms with Crippen LogP contribution in [0.5, 0.6) is 0 Å². The number of para-hydroxylation sites is 3. The largest absolute Gasteiger partial charge is 0.311 e. The Morgan fingerprint density at radius 3 is 1.18 bits per heavy atom. The van der Waals surface area contributed by atoms with Gasteiger partial charge in [0.2, 0.25) is 0 Å². The first-order valence-electron chi connectivity index (χ1n) is 15.2. The van der Waals surface area contributed by atoms with E-state index in [9.17, 15) is 0 Å². The normalized spacial score (nSPS) is 11.1. The molecular formula is C42H30N2S. The maximum atomic E-state index is 2.35. The van der Waals surface area contributed by atoms with Gasteiger partial charge in [-0.1, -0.05) is 91.0 Å². The van der Waals surface area contributed by atoms with Crippen LogP contribution in [0, 0.1) is 0 Å². The summed E-state index contributed by atoms with van der Waals surface area (Å²) >= 11 is 1.85. The van der Waals surface area contributed by atoms with Gasteiger partial charge in [0.25, 0.3) is 0 Å². The second kappa shape index (κ2) is 11.8. The molecule has 0 radical (unpaired) electrons. The lowest BCUT2D eigenvalue weighted by Gasteiger charge is -2.28. The molecule has 3 heteroatoms. The van der Waals surface area contributed by atoms with E-state index in [1.807, 2.05) is 11.3 Å². The van der Waals surface area contributed by atoms with Crippen molar-refractivity contribution in [2.24, 2.45) is 0 Å². The maximum Gasteiger partial charge on any atom is 0.0468 e. The Balaban J connectivity index is 1.23. The molecule has 0 saturated heterocycles. The van der Waals surface area contributed by atoms with Crippen LogP contribution in [0.15, 0.2) is 182 Å². The average molecular weight is 595 g/mol. The van der Waals surface area contributed by atoms with Gasteiger partial charge in [-0.2, -0.15) is 0 Å². The van der Waals surface area contributed by atoms with Gasteiger partial charge >= 0.3 is 0 Å².